The van der Waals surface area contributed by atoms with E-state index >= 15 is 0 Å². The highest BCUT2D eigenvalue weighted by Gasteiger charge is 2.38. The van der Waals surface area contributed by atoms with Gasteiger partial charge in [0.25, 0.3) is 0 Å². The van der Waals surface area contributed by atoms with E-state index in [9.17, 15) is 27.2 Å². The Balaban J connectivity index is 1.76. The van der Waals surface area contributed by atoms with E-state index in [1.54, 1.807) is 9.80 Å². The molecule has 2 aliphatic heterocycles. The molecule has 8 nitrogen and oxygen atoms in total. The van der Waals surface area contributed by atoms with Crippen LogP contribution in [0.3, 0.4) is 0 Å². The van der Waals surface area contributed by atoms with Crippen LogP contribution in [0, 0.1) is 5.82 Å². The van der Waals surface area contributed by atoms with E-state index in [0.717, 1.165) is 30.0 Å². The molecule has 0 saturated carbocycles. The molecule has 13 heteroatoms. The van der Waals surface area contributed by atoms with Gasteiger partial charge in [-0.3, -0.25) is 9.36 Å². The van der Waals surface area contributed by atoms with E-state index in [2.05, 4.69) is 11.6 Å². The zero-order valence-corrected chi connectivity index (χ0v) is 22.4. The lowest BCUT2D eigenvalue weighted by Gasteiger charge is -2.35. The Hall–Kier alpha value is -3.42. The molecule has 40 heavy (non-hydrogen) atoms. The molecule has 3 aromatic rings. The lowest BCUT2D eigenvalue weighted by molar-refractivity contribution is -0.137. The van der Waals surface area contributed by atoms with Gasteiger partial charge in [0.15, 0.2) is 0 Å². The molecule has 0 aliphatic carbocycles. The molecule has 1 saturated heterocycles. The number of halogens is 4. The minimum absolute atomic E-state index is 0.0574. The van der Waals surface area contributed by atoms with Crippen LogP contribution in [0.2, 0.25) is 0 Å². The first-order chi connectivity index (χ1) is 19.1. The first-order valence-corrected chi connectivity index (χ1v) is 13.4. The maximum Gasteiger partial charge on any atom is 0.417 e. The number of ether oxygens (including phenoxy) is 2. The fourth-order valence-corrected chi connectivity index (χ4v) is 6.32. The van der Waals surface area contributed by atoms with Gasteiger partial charge in [-0.05, 0) is 29.8 Å². The van der Waals surface area contributed by atoms with Gasteiger partial charge in [0.2, 0.25) is 5.91 Å². The van der Waals surface area contributed by atoms with Gasteiger partial charge in [-0.1, -0.05) is 18.7 Å². The Morgan fingerprint density at radius 2 is 1.90 bits per heavy atom. The van der Waals surface area contributed by atoms with Gasteiger partial charge < -0.3 is 19.3 Å². The maximum absolute atomic E-state index is 14.7. The second kappa shape index (κ2) is 11.2. The average molecular weight is 579 g/mol. The molecular formula is C27H26F4N4O4S. The van der Waals surface area contributed by atoms with Crippen molar-refractivity contribution in [3.8, 4) is 11.1 Å². The highest BCUT2D eigenvalue weighted by Crippen LogP contribution is 2.48. The minimum atomic E-state index is -4.76. The largest absolute Gasteiger partial charge is 0.417 e. The summed E-state index contributed by atoms with van der Waals surface area (Å²) in [5.74, 6) is -0.464. The number of anilines is 1. The number of carbonyl (C=O) groups is 1. The number of benzene rings is 2. The van der Waals surface area contributed by atoms with Crippen molar-refractivity contribution in [2.75, 3.05) is 50.7 Å². The van der Waals surface area contributed by atoms with E-state index in [1.165, 1.54) is 29.9 Å². The lowest BCUT2D eigenvalue weighted by Crippen LogP contribution is -2.49. The van der Waals surface area contributed by atoms with Crippen molar-refractivity contribution in [3.05, 3.63) is 64.9 Å². The van der Waals surface area contributed by atoms with Crippen LogP contribution in [0.5, 0.6) is 0 Å². The molecule has 0 spiro atoms. The van der Waals surface area contributed by atoms with Crippen LogP contribution in [0.4, 0.5) is 23.4 Å². The summed E-state index contributed by atoms with van der Waals surface area (Å²) in [6, 6.07) is 5.83. The number of methoxy groups -OCH3 is 1. The van der Waals surface area contributed by atoms with E-state index < -0.39 is 29.4 Å². The molecule has 1 atom stereocenters. The first kappa shape index (κ1) is 28.1. The zero-order chi connectivity index (χ0) is 28.6. The van der Waals surface area contributed by atoms with Crippen molar-refractivity contribution in [3.63, 3.8) is 0 Å². The number of aromatic nitrogens is 2. The van der Waals surface area contributed by atoms with Gasteiger partial charge in [-0.15, -0.1) is 11.8 Å². The molecule has 5 rings (SSSR count). The number of amides is 1. The number of alkyl halides is 3. The number of hydrogen-bond donors (Lipinski definition) is 0. The molecule has 0 bridgehead atoms. The third-order valence-corrected chi connectivity index (χ3v) is 8.15. The van der Waals surface area contributed by atoms with Crippen molar-refractivity contribution in [2.24, 2.45) is 0 Å². The Morgan fingerprint density at radius 1 is 1.20 bits per heavy atom. The summed E-state index contributed by atoms with van der Waals surface area (Å²) in [5.41, 5.74) is -1.21. The molecule has 2 aliphatic rings. The third kappa shape index (κ3) is 5.32. The zero-order valence-electron chi connectivity index (χ0n) is 21.5. The van der Waals surface area contributed by atoms with Gasteiger partial charge in [-0.25, -0.2) is 9.18 Å². The fraction of sp³-hybridized carbons (Fsp3) is 0.370. The summed E-state index contributed by atoms with van der Waals surface area (Å²) in [6.07, 6.45) is -4.10. The van der Waals surface area contributed by atoms with Gasteiger partial charge in [0.1, 0.15) is 18.4 Å². The van der Waals surface area contributed by atoms with Crippen molar-refractivity contribution >= 4 is 34.4 Å². The van der Waals surface area contributed by atoms with Gasteiger partial charge in [0.05, 0.1) is 23.7 Å². The quantitative estimate of drug-likeness (QED) is 0.247. The van der Waals surface area contributed by atoms with Crippen LogP contribution in [-0.2, 0) is 27.0 Å². The summed E-state index contributed by atoms with van der Waals surface area (Å²) in [4.78, 5) is 33.3. The number of hydrogen-bond acceptors (Lipinski definition) is 7. The van der Waals surface area contributed by atoms with Crippen LogP contribution in [0.25, 0.3) is 22.0 Å². The van der Waals surface area contributed by atoms with Gasteiger partial charge in [0, 0.05) is 54.9 Å². The van der Waals surface area contributed by atoms with E-state index in [-0.39, 0.29) is 65.3 Å². The highest BCUT2D eigenvalue weighted by molar-refractivity contribution is 7.99. The molecule has 0 unspecified atom stereocenters. The SMILES string of the molecule is C=CC(=O)N1CCN(c2nc(=O)n3c4c(c(-c5ccc(F)cc5)c(C(F)(F)F)cc24)SC[C@H](OCOC)C3)CC1. The number of piperazine rings is 1. The standard InChI is InChI=1S/C27H26F4N4O4S/c1-3-21(36)33-8-10-34(11-9-33)25-19-12-20(27(29,30)31)22(16-4-6-17(28)7-5-16)24-23(19)35(26(37)32-25)13-18(14-40-24)39-15-38-2/h3-7,12,18H,1,8-11,13-15H2,2H3/t18-/m1/s1. The highest BCUT2D eigenvalue weighted by atomic mass is 32.2. The summed E-state index contributed by atoms with van der Waals surface area (Å²) >= 11 is 1.14. The van der Waals surface area contributed by atoms with Crippen LogP contribution in [0.15, 0.2) is 52.7 Å². The Bertz CT molecular complexity index is 1500. The monoisotopic (exact) mass is 578 g/mol. The molecule has 212 valence electrons. The van der Waals surface area contributed by atoms with Crippen LogP contribution < -0.4 is 10.6 Å². The van der Waals surface area contributed by atoms with Crippen molar-refractivity contribution < 1.29 is 31.8 Å². The Labute approximate surface area is 231 Å². The van der Waals surface area contributed by atoms with Crippen LogP contribution in [-0.4, -0.2) is 72.3 Å². The molecular weight excluding hydrogens is 552 g/mol. The summed E-state index contributed by atoms with van der Waals surface area (Å²) in [5, 5.41) is 0.163. The number of carbonyl (C=O) groups excluding carboxylic acids is 1. The maximum atomic E-state index is 14.7. The Morgan fingerprint density at radius 3 is 2.52 bits per heavy atom. The van der Waals surface area contributed by atoms with Gasteiger partial charge in [-0.2, -0.15) is 18.2 Å². The molecule has 2 aromatic carbocycles. The predicted octanol–water partition coefficient (Wildman–Crippen LogP) is 4.15. The summed E-state index contributed by atoms with van der Waals surface area (Å²) in [6.45, 7) is 4.63. The normalized spacial score (nSPS) is 17.7. The molecule has 1 fully saturated rings. The topological polar surface area (TPSA) is 76.9 Å². The summed E-state index contributed by atoms with van der Waals surface area (Å²) < 4.78 is 69.8. The molecule has 3 heterocycles. The number of nitrogens with zero attached hydrogens (tertiary/aromatic N) is 4. The van der Waals surface area contributed by atoms with Crippen molar-refractivity contribution in [1.29, 1.82) is 0 Å². The van der Waals surface area contributed by atoms with E-state index in [4.69, 9.17) is 9.47 Å². The fourth-order valence-electron chi connectivity index (χ4n) is 5.04. The van der Waals surface area contributed by atoms with Gasteiger partial charge >= 0.3 is 11.9 Å². The second-order valence-electron chi connectivity index (χ2n) is 9.38. The smallest absolute Gasteiger partial charge is 0.359 e. The minimum Gasteiger partial charge on any atom is -0.359 e. The average Bonchev–Trinajstić information content (AvgIpc) is 3.14. The number of thioether (sulfide) groups is 1. The summed E-state index contributed by atoms with van der Waals surface area (Å²) in [7, 11) is 1.45. The van der Waals surface area contributed by atoms with Crippen molar-refractivity contribution in [1.82, 2.24) is 14.5 Å². The van der Waals surface area contributed by atoms with Crippen LogP contribution in [0.1, 0.15) is 5.56 Å². The van der Waals surface area contributed by atoms with Crippen molar-refractivity contribution in [2.45, 2.75) is 23.7 Å². The lowest BCUT2D eigenvalue weighted by atomic mass is 9.96. The van der Waals surface area contributed by atoms with E-state index in [0.29, 0.717) is 18.6 Å². The van der Waals surface area contributed by atoms with Crippen LogP contribution >= 0.6 is 11.8 Å². The molecule has 1 aromatic heterocycles. The van der Waals surface area contributed by atoms with E-state index in [1.807, 2.05) is 0 Å². The molecule has 0 radical (unpaired) electrons. The molecule has 0 N–H and O–H groups in total. The predicted molar refractivity (Wildman–Crippen MR) is 143 cm³/mol. The second-order valence-corrected chi connectivity index (χ2v) is 10.4. The first-order valence-electron chi connectivity index (χ1n) is 12.5. The Kier molecular flexibility index (Phi) is 7.89. The third-order valence-electron chi connectivity index (χ3n) is 6.92. The number of rotatable bonds is 6. The molecule has 1 amide bonds.